The third kappa shape index (κ3) is 29.5. The predicted octanol–water partition coefficient (Wildman–Crippen LogP) is 11.1. The number of carboxylic acid groups (broad SMARTS) is 1. The van der Waals surface area contributed by atoms with Gasteiger partial charge in [0.05, 0.1) is 0 Å². The van der Waals surface area contributed by atoms with E-state index in [-0.39, 0.29) is 18.2 Å². The van der Waals surface area contributed by atoms with Crippen LogP contribution in [0.2, 0.25) is 0 Å². The molecular formula is C46H66AsN2O4S2-. The number of rotatable bonds is 12. The van der Waals surface area contributed by atoms with Crippen LogP contribution in [-0.2, 0) is 14.4 Å². The molecule has 6 nitrogen and oxygen atoms in total. The van der Waals surface area contributed by atoms with Gasteiger partial charge in [0.15, 0.2) is 0 Å². The second-order valence-electron chi connectivity index (χ2n) is 12.4. The van der Waals surface area contributed by atoms with Crippen molar-refractivity contribution >= 4 is 65.9 Å². The van der Waals surface area contributed by atoms with Crippen LogP contribution in [0.5, 0.6) is 0 Å². The second kappa shape index (κ2) is 35.0. The van der Waals surface area contributed by atoms with Crippen LogP contribution in [0.25, 0.3) is 0 Å². The van der Waals surface area contributed by atoms with Gasteiger partial charge in [0, 0.05) is 18.1 Å². The molecule has 4 aromatic carbocycles. The topological polar surface area (TPSA) is 98.3 Å². The fraction of sp³-hybridized carbons (Fsp3) is 0.413. The summed E-state index contributed by atoms with van der Waals surface area (Å²) in [6.45, 7) is 16.1. The number of nitrogens with one attached hydrogen (secondary N) is 2. The van der Waals surface area contributed by atoms with E-state index in [1.165, 1.54) is 39.5 Å². The molecule has 302 valence electrons. The molecule has 0 atom stereocenters. The van der Waals surface area contributed by atoms with Crippen LogP contribution in [0.3, 0.4) is 0 Å². The van der Waals surface area contributed by atoms with Crippen molar-refractivity contribution in [3.05, 3.63) is 126 Å². The zero-order valence-corrected chi connectivity index (χ0v) is 38.1. The Hall–Kier alpha value is -3.45. The van der Waals surface area contributed by atoms with Crippen molar-refractivity contribution in [2.45, 2.75) is 113 Å². The van der Waals surface area contributed by atoms with Crippen molar-refractivity contribution in [1.82, 2.24) is 0 Å². The molecule has 0 bridgehead atoms. The zero-order valence-electron chi connectivity index (χ0n) is 34.6. The first-order chi connectivity index (χ1) is 26.6. The van der Waals surface area contributed by atoms with Crippen molar-refractivity contribution in [2.75, 3.05) is 22.1 Å². The van der Waals surface area contributed by atoms with Crippen molar-refractivity contribution in [3.8, 4) is 0 Å². The number of benzene rings is 4. The molecule has 1 saturated heterocycles. The first-order valence-corrected chi connectivity index (χ1v) is 27.0. The van der Waals surface area contributed by atoms with Gasteiger partial charge in [-0.2, -0.15) is 0 Å². The fourth-order valence-electron chi connectivity index (χ4n) is 4.30. The van der Waals surface area contributed by atoms with E-state index in [1.54, 1.807) is 0 Å². The Morgan fingerprint density at radius 3 is 1.27 bits per heavy atom. The maximum Gasteiger partial charge on any atom is 0.224 e. The molecule has 1 aliphatic heterocycles. The number of hydrogen-bond donors (Lipinski definition) is 2. The number of unbranched alkanes of at least 4 members (excludes halogenated alkanes) is 4. The Morgan fingerprint density at radius 1 is 0.564 bits per heavy atom. The molecule has 5 rings (SSSR count). The summed E-state index contributed by atoms with van der Waals surface area (Å²) >= 11 is -0.867. The number of para-hydroxylation sites is 1. The first-order valence-electron chi connectivity index (χ1n) is 19.6. The van der Waals surface area contributed by atoms with E-state index in [1.807, 2.05) is 62.4 Å². The van der Waals surface area contributed by atoms with Gasteiger partial charge < -0.3 is 15.2 Å². The quantitative estimate of drug-likeness (QED) is 0.109. The number of carboxylic acids is 1. The van der Waals surface area contributed by atoms with Crippen LogP contribution < -0.4 is 20.1 Å². The number of amides is 2. The molecule has 55 heavy (non-hydrogen) atoms. The standard InChI is InChI=1S/C14H20AsNOS2.C12H17NO.C8H10.C7H8.C3H6O2.C2H6/c1-2-3-4-5-14(17)16-13-8-6-12(7-9-13)15-18-10-11-19-15;1-2-3-5-10-12(14)13-11-8-6-4-7-9-11;1-7-3-5-8(2)6-4-7;1-7-5-3-2-4-6-7;1-2-3(4)5;1-2/h6-9H,2-5,10-11H2,1H3,(H,16,17);4,6-9H,2-3,5,10H2,1H3,(H,13,14);3-6H,1-2H3;2-6H,1H3;2H2,1H3,(H,4,5);1-2H3/p-1. The van der Waals surface area contributed by atoms with E-state index in [2.05, 4.69) is 126 Å². The number of carbonyl (C=O) groups is 3. The van der Waals surface area contributed by atoms with Crippen LogP contribution >= 0.6 is 20.0 Å². The van der Waals surface area contributed by atoms with Crippen molar-refractivity contribution < 1.29 is 19.5 Å². The molecule has 4 aromatic rings. The number of aliphatic carboxylic acids is 1. The summed E-state index contributed by atoms with van der Waals surface area (Å²) in [6, 6.07) is 36.8. The number of carbonyl (C=O) groups excluding carboxylic acids is 3. The van der Waals surface area contributed by atoms with Gasteiger partial charge in [0.2, 0.25) is 5.91 Å². The molecule has 9 heteroatoms. The Morgan fingerprint density at radius 2 is 0.927 bits per heavy atom. The molecule has 1 aliphatic rings. The van der Waals surface area contributed by atoms with Crippen LogP contribution in [-0.4, -0.2) is 41.6 Å². The SMILES string of the molecule is CC.CCC(=O)[O-].CCCCCC(=O)Nc1ccc([As]2SCCS2)cc1.CCCCCC(=O)Nc1ccccc1.Cc1ccc(C)cc1.Cc1ccccc1. The van der Waals surface area contributed by atoms with Gasteiger partial charge in [-0.3, -0.25) is 4.79 Å². The summed E-state index contributed by atoms with van der Waals surface area (Å²) in [5.74, 6) is 1.87. The average molecular weight is 850 g/mol. The van der Waals surface area contributed by atoms with Gasteiger partial charge >= 0.3 is 127 Å². The Bertz CT molecular complexity index is 1500. The monoisotopic (exact) mass is 849 g/mol. The largest absolute Gasteiger partial charge is 0.326 e. The van der Waals surface area contributed by atoms with E-state index < -0.39 is 18.3 Å². The molecule has 0 aromatic heterocycles. The van der Waals surface area contributed by atoms with Crippen molar-refractivity contribution in [3.63, 3.8) is 0 Å². The Kier molecular flexibility index (Phi) is 32.8. The summed E-state index contributed by atoms with van der Waals surface area (Å²) in [5, 5.41) is 15.1. The zero-order chi connectivity index (χ0) is 41.1. The van der Waals surface area contributed by atoms with Gasteiger partial charge in [0.1, 0.15) is 0 Å². The molecule has 2 N–H and O–H groups in total. The van der Waals surface area contributed by atoms with Crippen LogP contribution in [0.1, 0.15) is 109 Å². The van der Waals surface area contributed by atoms with Crippen molar-refractivity contribution in [2.24, 2.45) is 0 Å². The normalized spacial score (nSPS) is 11.1. The number of aryl methyl sites for hydroxylation is 3. The molecule has 0 spiro atoms. The minimum atomic E-state index is -0.995. The van der Waals surface area contributed by atoms with E-state index in [9.17, 15) is 19.5 Å². The molecule has 0 radical (unpaired) electrons. The molecular weight excluding hydrogens is 784 g/mol. The molecule has 0 saturated carbocycles. The number of anilines is 2. The predicted molar refractivity (Wildman–Crippen MR) is 242 cm³/mol. The number of hydrogen-bond acceptors (Lipinski definition) is 6. The first kappa shape index (κ1) is 51.5. The Balaban J connectivity index is 0.000000708. The molecule has 2 amide bonds. The molecule has 0 unspecified atom stereocenters. The fourth-order valence-corrected chi connectivity index (χ4v) is 18.4. The maximum atomic E-state index is 11.7. The van der Waals surface area contributed by atoms with E-state index >= 15 is 0 Å². The summed E-state index contributed by atoms with van der Waals surface area (Å²) in [4.78, 5) is 32.4. The minimum Gasteiger partial charge on any atom is -0.326 e. The van der Waals surface area contributed by atoms with Gasteiger partial charge in [-0.05, 0) is 45.7 Å². The summed E-state index contributed by atoms with van der Waals surface area (Å²) < 4.78 is 1.50. The van der Waals surface area contributed by atoms with Crippen LogP contribution in [0.15, 0.2) is 109 Å². The second-order valence-corrected chi connectivity index (χ2v) is 24.1. The molecule has 1 heterocycles. The van der Waals surface area contributed by atoms with Crippen molar-refractivity contribution in [1.29, 1.82) is 0 Å². The van der Waals surface area contributed by atoms with E-state index in [0.717, 1.165) is 49.9 Å². The smallest absolute Gasteiger partial charge is 0.224 e. The average Bonchev–Trinajstić information content (AvgIpc) is 3.75. The van der Waals surface area contributed by atoms with Gasteiger partial charge in [-0.1, -0.05) is 130 Å². The summed E-state index contributed by atoms with van der Waals surface area (Å²) in [5.41, 5.74) is 5.80. The van der Waals surface area contributed by atoms with E-state index in [4.69, 9.17) is 0 Å². The van der Waals surface area contributed by atoms with Gasteiger partial charge in [-0.25, -0.2) is 0 Å². The van der Waals surface area contributed by atoms with Gasteiger partial charge in [-0.15, -0.1) is 0 Å². The maximum absolute atomic E-state index is 11.7. The Labute approximate surface area is 344 Å². The van der Waals surface area contributed by atoms with E-state index in [0.29, 0.717) is 12.8 Å². The van der Waals surface area contributed by atoms with Crippen LogP contribution in [0.4, 0.5) is 11.4 Å². The molecule has 1 fully saturated rings. The third-order valence-corrected chi connectivity index (χ3v) is 21.1. The van der Waals surface area contributed by atoms with Crippen LogP contribution in [0, 0.1) is 20.8 Å². The third-order valence-electron chi connectivity index (χ3n) is 7.38. The minimum absolute atomic E-state index is 0.111. The summed E-state index contributed by atoms with van der Waals surface area (Å²) in [7, 11) is 4.30. The van der Waals surface area contributed by atoms with Gasteiger partial charge in [0.25, 0.3) is 0 Å². The summed E-state index contributed by atoms with van der Waals surface area (Å²) in [6.07, 6.45) is 7.92. The molecule has 0 aliphatic carbocycles.